The molecule has 0 aromatic carbocycles. The standard InChI is InChI=1S/C16H30N2/c1-2-13-4-3-8-16(12-17,9-7-13)18-11-14-5-6-15(18)10-14/h13-15H,2-12,17H2,1H3. The van der Waals surface area contributed by atoms with E-state index in [4.69, 9.17) is 5.73 Å². The second kappa shape index (κ2) is 5.13. The van der Waals surface area contributed by atoms with E-state index in [0.29, 0.717) is 5.54 Å². The smallest absolute Gasteiger partial charge is 0.0334 e. The van der Waals surface area contributed by atoms with Crippen LogP contribution in [-0.4, -0.2) is 29.6 Å². The van der Waals surface area contributed by atoms with Crippen LogP contribution in [0.25, 0.3) is 0 Å². The van der Waals surface area contributed by atoms with Gasteiger partial charge in [-0.15, -0.1) is 0 Å². The predicted molar refractivity (Wildman–Crippen MR) is 76.5 cm³/mol. The van der Waals surface area contributed by atoms with E-state index < -0.39 is 0 Å². The maximum Gasteiger partial charge on any atom is 0.0334 e. The summed E-state index contributed by atoms with van der Waals surface area (Å²) in [5.74, 6) is 1.97. The lowest BCUT2D eigenvalue weighted by atomic mass is 9.85. The molecule has 3 rings (SSSR count). The summed E-state index contributed by atoms with van der Waals surface area (Å²) in [6.07, 6.45) is 12.8. The molecule has 0 radical (unpaired) electrons. The van der Waals surface area contributed by atoms with Crippen molar-refractivity contribution < 1.29 is 0 Å². The Morgan fingerprint density at radius 1 is 1.17 bits per heavy atom. The molecular formula is C16H30N2. The molecule has 18 heavy (non-hydrogen) atoms. The van der Waals surface area contributed by atoms with Crippen LogP contribution >= 0.6 is 0 Å². The van der Waals surface area contributed by atoms with Crippen molar-refractivity contribution in [1.82, 2.24) is 4.90 Å². The molecule has 2 aliphatic carbocycles. The van der Waals surface area contributed by atoms with E-state index in [1.807, 2.05) is 0 Å². The van der Waals surface area contributed by atoms with Gasteiger partial charge < -0.3 is 5.73 Å². The summed E-state index contributed by atoms with van der Waals surface area (Å²) in [6.45, 7) is 4.61. The lowest BCUT2D eigenvalue weighted by Crippen LogP contribution is -2.56. The molecule has 2 nitrogen and oxygen atoms in total. The van der Waals surface area contributed by atoms with E-state index in [-0.39, 0.29) is 0 Å². The highest BCUT2D eigenvalue weighted by molar-refractivity contribution is 5.03. The van der Waals surface area contributed by atoms with Gasteiger partial charge in [-0.1, -0.05) is 26.2 Å². The topological polar surface area (TPSA) is 29.3 Å². The summed E-state index contributed by atoms with van der Waals surface area (Å²) in [6, 6.07) is 0.886. The highest BCUT2D eigenvalue weighted by Crippen LogP contribution is 2.45. The van der Waals surface area contributed by atoms with E-state index in [1.54, 1.807) is 0 Å². The molecule has 3 aliphatic rings. The lowest BCUT2D eigenvalue weighted by Gasteiger charge is -2.45. The lowest BCUT2D eigenvalue weighted by molar-refractivity contribution is 0.0465. The summed E-state index contributed by atoms with van der Waals surface area (Å²) in [5.41, 5.74) is 6.64. The molecule has 1 aliphatic heterocycles. The molecule has 2 heteroatoms. The third kappa shape index (κ3) is 2.12. The number of nitrogens with two attached hydrogens (primary N) is 1. The SMILES string of the molecule is CCC1CCCC(CN)(N2CC3CCC2C3)CC1. The van der Waals surface area contributed by atoms with Gasteiger partial charge in [-0.25, -0.2) is 0 Å². The van der Waals surface area contributed by atoms with Gasteiger partial charge in [0.2, 0.25) is 0 Å². The number of hydrogen-bond acceptors (Lipinski definition) is 2. The minimum atomic E-state index is 0.379. The molecule has 2 saturated carbocycles. The van der Waals surface area contributed by atoms with Gasteiger partial charge in [-0.3, -0.25) is 4.90 Å². The van der Waals surface area contributed by atoms with Crippen LogP contribution in [0, 0.1) is 11.8 Å². The van der Waals surface area contributed by atoms with Gasteiger partial charge in [0.1, 0.15) is 0 Å². The Labute approximate surface area is 112 Å². The highest BCUT2D eigenvalue weighted by Gasteiger charge is 2.47. The first-order valence-corrected chi connectivity index (χ1v) is 8.24. The number of fused-ring (bicyclic) bond motifs is 2. The van der Waals surface area contributed by atoms with E-state index in [0.717, 1.165) is 24.4 Å². The fraction of sp³-hybridized carbons (Fsp3) is 1.00. The summed E-state index contributed by atoms with van der Waals surface area (Å²) in [4.78, 5) is 2.86. The quantitative estimate of drug-likeness (QED) is 0.780. The summed E-state index contributed by atoms with van der Waals surface area (Å²) < 4.78 is 0. The number of hydrogen-bond donors (Lipinski definition) is 1. The van der Waals surface area contributed by atoms with Crippen molar-refractivity contribution in [3.63, 3.8) is 0 Å². The molecular weight excluding hydrogens is 220 g/mol. The average Bonchev–Trinajstić information content (AvgIpc) is 2.96. The summed E-state index contributed by atoms with van der Waals surface area (Å²) >= 11 is 0. The van der Waals surface area contributed by atoms with Crippen molar-refractivity contribution in [1.29, 1.82) is 0 Å². The third-order valence-electron chi connectivity index (χ3n) is 6.25. The molecule has 1 saturated heterocycles. The largest absolute Gasteiger partial charge is 0.329 e. The average molecular weight is 250 g/mol. The predicted octanol–water partition coefficient (Wildman–Crippen LogP) is 3.16. The van der Waals surface area contributed by atoms with Crippen LogP contribution in [0.2, 0.25) is 0 Å². The molecule has 0 aromatic rings. The first-order valence-electron chi connectivity index (χ1n) is 8.24. The fourth-order valence-electron chi connectivity index (χ4n) is 4.98. The maximum absolute atomic E-state index is 6.26. The van der Waals surface area contributed by atoms with Crippen molar-refractivity contribution in [3.05, 3.63) is 0 Å². The van der Waals surface area contributed by atoms with Gasteiger partial charge in [0, 0.05) is 24.7 Å². The second-order valence-electron chi connectivity index (χ2n) is 7.12. The first-order chi connectivity index (χ1) is 8.77. The van der Waals surface area contributed by atoms with Gasteiger partial charge in [-0.05, 0) is 50.4 Å². The molecule has 4 atom stereocenters. The fourth-order valence-corrected chi connectivity index (χ4v) is 4.98. The normalized spacial score (nSPS) is 45.3. The Morgan fingerprint density at radius 2 is 2.06 bits per heavy atom. The number of piperidine rings is 1. The van der Waals surface area contributed by atoms with Crippen molar-refractivity contribution >= 4 is 0 Å². The van der Waals surface area contributed by atoms with E-state index in [2.05, 4.69) is 11.8 Å². The minimum absolute atomic E-state index is 0.379. The van der Waals surface area contributed by atoms with Gasteiger partial charge in [0.05, 0.1) is 0 Å². The molecule has 0 aromatic heterocycles. The molecule has 0 amide bonds. The summed E-state index contributed by atoms with van der Waals surface area (Å²) in [5, 5.41) is 0. The summed E-state index contributed by atoms with van der Waals surface area (Å²) in [7, 11) is 0. The van der Waals surface area contributed by atoms with Crippen LogP contribution in [-0.2, 0) is 0 Å². The number of rotatable bonds is 3. The number of likely N-dealkylation sites (tertiary alicyclic amines) is 1. The van der Waals surface area contributed by atoms with Crippen molar-refractivity contribution in [2.75, 3.05) is 13.1 Å². The van der Waals surface area contributed by atoms with Crippen LogP contribution in [0.3, 0.4) is 0 Å². The molecule has 3 fully saturated rings. The Morgan fingerprint density at radius 3 is 2.67 bits per heavy atom. The highest BCUT2D eigenvalue weighted by atomic mass is 15.3. The van der Waals surface area contributed by atoms with Crippen LogP contribution < -0.4 is 5.73 Å². The van der Waals surface area contributed by atoms with Crippen LogP contribution in [0.1, 0.15) is 64.7 Å². The molecule has 2 N–H and O–H groups in total. The zero-order valence-corrected chi connectivity index (χ0v) is 12.0. The van der Waals surface area contributed by atoms with Crippen LogP contribution in [0.15, 0.2) is 0 Å². The Bertz CT molecular complexity index is 291. The molecule has 104 valence electrons. The zero-order chi connectivity index (χ0) is 12.6. The third-order valence-corrected chi connectivity index (χ3v) is 6.25. The van der Waals surface area contributed by atoms with Crippen LogP contribution in [0.4, 0.5) is 0 Å². The second-order valence-corrected chi connectivity index (χ2v) is 7.12. The van der Waals surface area contributed by atoms with Crippen molar-refractivity contribution in [3.8, 4) is 0 Å². The molecule has 1 heterocycles. The molecule has 0 spiro atoms. The van der Waals surface area contributed by atoms with E-state index in [9.17, 15) is 0 Å². The maximum atomic E-state index is 6.26. The zero-order valence-electron chi connectivity index (χ0n) is 12.0. The van der Waals surface area contributed by atoms with Gasteiger partial charge >= 0.3 is 0 Å². The molecule has 2 bridgehead atoms. The minimum Gasteiger partial charge on any atom is -0.329 e. The Balaban J connectivity index is 1.73. The van der Waals surface area contributed by atoms with Crippen LogP contribution in [0.5, 0.6) is 0 Å². The van der Waals surface area contributed by atoms with Crippen molar-refractivity contribution in [2.45, 2.75) is 76.3 Å². The van der Waals surface area contributed by atoms with E-state index >= 15 is 0 Å². The Kier molecular flexibility index (Phi) is 3.68. The van der Waals surface area contributed by atoms with Gasteiger partial charge in [0.25, 0.3) is 0 Å². The van der Waals surface area contributed by atoms with Gasteiger partial charge in [0.15, 0.2) is 0 Å². The van der Waals surface area contributed by atoms with Gasteiger partial charge in [-0.2, -0.15) is 0 Å². The first kappa shape index (κ1) is 12.9. The monoisotopic (exact) mass is 250 g/mol. The van der Waals surface area contributed by atoms with Crippen molar-refractivity contribution in [2.24, 2.45) is 17.6 Å². The number of nitrogens with zero attached hydrogens (tertiary/aromatic N) is 1. The van der Waals surface area contributed by atoms with E-state index in [1.165, 1.54) is 64.3 Å². The molecule has 4 unspecified atom stereocenters. The Hall–Kier alpha value is -0.0800.